The summed E-state index contributed by atoms with van der Waals surface area (Å²) in [5.41, 5.74) is 0.0644. The van der Waals surface area contributed by atoms with E-state index in [1.165, 1.54) is 6.26 Å². The fourth-order valence-electron chi connectivity index (χ4n) is 1.35. The molecule has 4 nitrogen and oxygen atoms in total. The average molecular weight is 304 g/mol. The van der Waals surface area contributed by atoms with Gasteiger partial charge in [0.05, 0.1) is 9.75 Å². The number of rotatable bonds is 5. The molecule has 1 N–H and O–H groups in total. The van der Waals surface area contributed by atoms with Crippen LogP contribution in [0.5, 0.6) is 0 Å². The molecule has 1 heterocycles. The molecule has 0 atom stereocenters. The van der Waals surface area contributed by atoms with Crippen molar-refractivity contribution in [3.8, 4) is 0 Å². The smallest absolute Gasteiger partial charge is 0.153 e. The fourth-order valence-corrected chi connectivity index (χ4v) is 2.66. The van der Waals surface area contributed by atoms with E-state index >= 15 is 0 Å². The zero-order valence-electron chi connectivity index (χ0n) is 12.6. The molecule has 0 fully saturated rings. The van der Waals surface area contributed by atoms with Crippen molar-refractivity contribution in [2.75, 3.05) is 12.8 Å². The molecule has 6 heteroatoms. The van der Waals surface area contributed by atoms with Crippen molar-refractivity contribution in [3.63, 3.8) is 0 Å². The third kappa shape index (κ3) is 4.54. The lowest BCUT2D eigenvalue weighted by molar-refractivity contribution is 0.522. The summed E-state index contributed by atoms with van der Waals surface area (Å²) in [6.45, 7) is 11.0. The van der Waals surface area contributed by atoms with Crippen molar-refractivity contribution >= 4 is 21.2 Å². The summed E-state index contributed by atoms with van der Waals surface area (Å²) in [6.07, 6.45) is 3.14. The summed E-state index contributed by atoms with van der Waals surface area (Å²) >= 11 is 1.67. The van der Waals surface area contributed by atoms with Gasteiger partial charge in [0.15, 0.2) is 9.84 Å². The average Bonchev–Trinajstić information content (AvgIpc) is 2.63. The van der Waals surface area contributed by atoms with Gasteiger partial charge < -0.3 is 5.32 Å². The molecule has 0 aliphatic rings. The maximum Gasteiger partial charge on any atom is 0.153 e. The number of thiazole rings is 1. The van der Waals surface area contributed by atoms with Gasteiger partial charge in [-0.1, -0.05) is 20.8 Å². The van der Waals surface area contributed by atoms with E-state index < -0.39 is 14.6 Å². The number of nitrogens with zero attached hydrogens (tertiary/aromatic N) is 1. The molecule has 1 aromatic rings. The predicted molar refractivity (Wildman–Crippen MR) is 81.4 cm³/mol. The van der Waals surface area contributed by atoms with E-state index in [0.717, 1.165) is 9.88 Å². The van der Waals surface area contributed by atoms with E-state index in [1.807, 2.05) is 6.20 Å². The van der Waals surface area contributed by atoms with E-state index in [-0.39, 0.29) is 5.41 Å². The van der Waals surface area contributed by atoms with Gasteiger partial charge in [-0.3, -0.25) is 0 Å². The minimum atomic E-state index is -3.05. The van der Waals surface area contributed by atoms with Gasteiger partial charge in [0.1, 0.15) is 0 Å². The maximum absolute atomic E-state index is 11.6. The van der Waals surface area contributed by atoms with Gasteiger partial charge in [-0.05, 0) is 13.8 Å². The first kappa shape index (κ1) is 16.6. The molecular weight excluding hydrogens is 280 g/mol. The van der Waals surface area contributed by atoms with Gasteiger partial charge in [-0.2, -0.15) is 0 Å². The van der Waals surface area contributed by atoms with Crippen LogP contribution in [-0.4, -0.2) is 30.9 Å². The zero-order chi connectivity index (χ0) is 14.9. The summed E-state index contributed by atoms with van der Waals surface area (Å²) in [5, 5.41) is 4.31. The predicted octanol–water partition coefficient (Wildman–Crippen LogP) is 2.35. The van der Waals surface area contributed by atoms with Gasteiger partial charge >= 0.3 is 0 Å². The molecule has 1 aromatic heterocycles. The lowest BCUT2D eigenvalue weighted by Gasteiger charge is -2.22. The third-order valence-electron chi connectivity index (χ3n) is 3.05. The van der Waals surface area contributed by atoms with Crippen LogP contribution in [0.25, 0.3) is 0 Å². The second kappa shape index (κ2) is 5.50. The monoisotopic (exact) mass is 304 g/mol. The van der Waals surface area contributed by atoms with Crippen LogP contribution < -0.4 is 5.32 Å². The second-order valence-electron chi connectivity index (χ2n) is 6.52. The first-order valence-electron chi connectivity index (χ1n) is 6.29. The summed E-state index contributed by atoms with van der Waals surface area (Å²) < 4.78 is 22.4. The highest BCUT2D eigenvalue weighted by atomic mass is 32.2. The van der Waals surface area contributed by atoms with Crippen LogP contribution in [-0.2, 0) is 21.8 Å². The molecule has 0 aliphatic carbocycles. The van der Waals surface area contributed by atoms with Crippen LogP contribution in [0.15, 0.2) is 6.20 Å². The minimum Gasteiger partial charge on any atom is -0.310 e. The summed E-state index contributed by atoms with van der Waals surface area (Å²) in [7, 11) is -3.05. The molecule has 0 amide bonds. The van der Waals surface area contributed by atoms with Gasteiger partial charge in [0.2, 0.25) is 0 Å². The van der Waals surface area contributed by atoms with Gasteiger partial charge in [0, 0.05) is 35.8 Å². The molecule has 110 valence electrons. The lowest BCUT2D eigenvalue weighted by Crippen LogP contribution is -2.41. The Hall–Kier alpha value is -0.460. The molecule has 1 rings (SSSR count). The molecule has 0 spiro atoms. The normalized spacial score (nSPS) is 13.8. The number of hydrogen-bond acceptors (Lipinski definition) is 5. The molecule has 0 unspecified atom stereocenters. The highest BCUT2D eigenvalue weighted by Gasteiger charge is 2.29. The second-order valence-corrected chi connectivity index (χ2v) is 10.3. The summed E-state index contributed by atoms with van der Waals surface area (Å²) in [5.74, 6) is 0. The van der Waals surface area contributed by atoms with Crippen molar-refractivity contribution in [2.45, 2.75) is 51.3 Å². The van der Waals surface area contributed by atoms with Gasteiger partial charge in [-0.15, -0.1) is 11.3 Å². The third-order valence-corrected chi connectivity index (χ3v) is 6.62. The van der Waals surface area contributed by atoms with Crippen LogP contribution in [0.1, 0.15) is 44.5 Å². The Labute approximate surface area is 120 Å². The molecule has 0 bridgehead atoms. The van der Waals surface area contributed by atoms with Crippen molar-refractivity contribution < 1.29 is 8.42 Å². The Morgan fingerprint density at radius 3 is 2.26 bits per heavy atom. The quantitative estimate of drug-likeness (QED) is 0.907. The first-order valence-corrected chi connectivity index (χ1v) is 9.00. The fraction of sp³-hybridized carbons (Fsp3) is 0.769. The standard InChI is InChI=1S/C13H24N2O2S2/c1-12(2,3)11-15-8-10(18-11)7-14-9-13(4,5)19(6,16)17/h8,14H,7,9H2,1-6H3. The molecule has 0 aliphatic heterocycles. The van der Waals surface area contributed by atoms with Crippen molar-refractivity contribution in [1.82, 2.24) is 10.3 Å². The zero-order valence-corrected chi connectivity index (χ0v) is 14.2. The van der Waals surface area contributed by atoms with Crippen molar-refractivity contribution in [3.05, 3.63) is 16.1 Å². The summed E-state index contributed by atoms with van der Waals surface area (Å²) in [6, 6.07) is 0. The first-order chi connectivity index (χ1) is 8.43. The number of sulfone groups is 1. The Bertz CT molecular complexity index is 525. The van der Waals surface area contributed by atoms with Crippen molar-refractivity contribution in [2.24, 2.45) is 0 Å². The van der Waals surface area contributed by atoms with Crippen LogP contribution in [0, 0.1) is 0 Å². The molecule has 0 aromatic carbocycles. The van der Waals surface area contributed by atoms with Gasteiger partial charge in [-0.25, -0.2) is 13.4 Å². The molecule has 0 saturated carbocycles. The van der Waals surface area contributed by atoms with E-state index in [2.05, 4.69) is 31.1 Å². The van der Waals surface area contributed by atoms with E-state index in [0.29, 0.717) is 13.1 Å². The van der Waals surface area contributed by atoms with Crippen LogP contribution in [0.4, 0.5) is 0 Å². The SMILES string of the molecule is CC(C)(C)c1ncc(CNCC(C)(C)S(C)(=O)=O)s1. The van der Waals surface area contributed by atoms with E-state index in [1.54, 1.807) is 25.2 Å². The Morgan fingerprint density at radius 2 is 1.84 bits per heavy atom. The highest BCUT2D eigenvalue weighted by molar-refractivity contribution is 7.92. The van der Waals surface area contributed by atoms with E-state index in [9.17, 15) is 8.42 Å². The van der Waals surface area contributed by atoms with Gasteiger partial charge in [0.25, 0.3) is 0 Å². The van der Waals surface area contributed by atoms with E-state index in [4.69, 9.17) is 0 Å². The number of hydrogen-bond donors (Lipinski definition) is 1. The summed E-state index contributed by atoms with van der Waals surface area (Å²) in [4.78, 5) is 5.55. The van der Waals surface area contributed by atoms with Crippen molar-refractivity contribution in [1.29, 1.82) is 0 Å². The Morgan fingerprint density at radius 1 is 1.26 bits per heavy atom. The molecule has 0 radical (unpaired) electrons. The topological polar surface area (TPSA) is 59.1 Å². The lowest BCUT2D eigenvalue weighted by atomic mass is 9.98. The maximum atomic E-state index is 11.6. The number of aromatic nitrogens is 1. The largest absolute Gasteiger partial charge is 0.310 e. The Balaban J connectivity index is 2.58. The van der Waals surface area contributed by atoms with Crippen LogP contribution >= 0.6 is 11.3 Å². The van der Waals surface area contributed by atoms with Crippen LogP contribution in [0.2, 0.25) is 0 Å². The highest BCUT2D eigenvalue weighted by Crippen LogP contribution is 2.26. The number of nitrogens with one attached hydrogen (secondary N) is 1. The molecular formula is C13H24N2O2S2. The Kier molecular flexibility index (Phi) is 4.80. The minimum absolute atomic E-state index is 0.0644. The molecule has 19 heavy (non-hydrogen) atoms. The van der Waals surface area contributed by atoms with Crippen LogP contribution in [0.3, 0.4) is 0 Å². The molecule has 0 saturated heterocycles.